The van der Waals surface area contributed by atoms with E-state index < -0.39 is 0 Å². The lowest BCUT2D eigenvalue weighted by Gasteiger charge is -2.22. The molecular formula is C13H18ClFN2. The first kappa shape index (κ1) is 12.8. The van der Waals surface area contributed by atoms with Crippen molar-refractivity contribution in [2.45, 2.75) is 25.9 Å². The molecule has 0 aliphatic carbocycles. The van der Waals surface area contributed by atoms with Gasteiger partial charge in [-0.1, -0.05) is 11.6 Å². The van der Waals surface area contributed by atoms with Crippen LogP contribution in [-0.2, 0) is 6.54 Å². The first-order chi connectivity index (χ1) is 8.15. The van der Waals surface area contributed by atoms with E-state index in [0.717, 1.165) is 26.1 Å². The van der Waals surface area contributed by atoms with Crippen molar-refractivity contribution >= 4 is 11.6 Å². The molecule has 2 nitrogen and oxygen atoms in total. The second kappa shape index (κ2) is 5.80. The van der Waals surface area contributed by atoms with Crippen LogP contribution in [0.15, 0.2) is 18.2 Å². The first-order valence-electron chi connectivity index (χ1n) is 6.05. The molecule has 1 aromatic rings. The summed E-state index contributed by atoms with van der Waals surface area (Å²) in [7, 11) is 0. The zero-order valence-electron chi connectivity index (χ0n) is 10.0. The lowest BCUT2D eigenvalue weighted by molar-refractivity contribution is 0.261. The SMILES string of the molecule is CC1CN(Cc2cc(Cl)ccc2F)CCCN1. The van der Waals surface area contributed by atoms with Gasteiger partial charge in [0.05, 0.1) is 0 Å². The molecule has 2 rings (SSSR count). The molecule has 17 heavy (non-hydrogen) atoms. The van der Waals surface area contributed by atoms with E-state index in [1.165, 1.54) is 6.07 Å². The average molecular weight is 257 g/mol. The minimum absolute atomic E-state index is 0.167. The second-order valence-electron chi connectivity index (χ2n) is 4.68. The topological polar surface area (TPSA) is 15.3 Å². The van der Waals surface area contributed by atoms with E-state index in [1.807, 2.05) is 0 Å². The first-order valence-corrected chi connectivity index (χ1v) is 6.42. The fourth-order valence-electron chi connectivity index (χ4n) is 2.24. The Morgan fingerprint density at radius 2 is 2.35 bits per heavy atom. The Morgan fingerprint density at radius 1 is 1.53 bits per heavy atom. The van der Waals surface area contributed by atoms with E-state index in [1.54, 1.807) is 12.1 Å². The number of nitrogens with one attached hydrogen (secondary N) is 1. The van der Waals surface area contributed by atoms with Crippen LogP contribution >= 0.6 is 11.6 Å². The van der Waals surface area contributed by atoms with Crippen molar-refractivity contribution in [3.05, 3.63) is 34.6 Å². The number of halogens is 2. The van der Waals surface area contributed by atoms with Crippen LogP contribution in [0.25, 0.3) is 0 Å². The van der Waals surface area contributed by atoms with E-state index in [9.17, 15) is 4.39 Å². The van der Waals surface area contributed by atoms with E-state index >= 15 is 0 Å². The summed E-state index contributed by atoms with van der Waals surface area (Å²) in [6, 6.07) is 5.21. The number of rotatable bonds is 2. The molecule has 1 heterocycles. The Morgan fingerprint density at radius 3 is 3.18 bits per heavy atom. The molecule has 0 radical (unpaired) electrons. The maximum atomic E-state index is 13.6. The van der Waals surface area contributed by atoms with Crippen LogP contribution in [0.2, 0.25) is 5.02 Å². The smallest absolute Gasteiger partial charge is 0.127 e. The molecule has 1 fully saturated rings. The van der Waals surface area contributed by atoms with Crippen molar-refractivity contribution < 1.29 is 4.39 Å². The summed E-state index contributed by atoms with van der Waals surface area (Å²) < 4.78 is 13.6. The molecule has 0 bridgehead atoms. The van der Waals surface area contributed by atoms with Crippen LogP contribution in [0.5, 0.6) is 0 Å². The van der Waals surface area contributed by atoms with Gasteiger partial charge in [-0.2, -0.15) is 0 Å². The number of nitrogens with zero attached hydrogens (tertiary/aromatic N) is 1. The second-order valence-corrected chi connectivity index (χ2v) is 5.12. The molecular weight excluding hydrogens is 239 g/mol. The molecule has 1 aliphatic rings. The Bertz CT molecular complexity index is 384. The molecule has 1 N–H and O–H groups in total. The van der Waals surface area contributed by atoms with Gasteiger partial charge in [0.25, 0.3) is 0 Å². The zero-order valence-corrected chi connectivity index (χ0v) is 10.8. The van der Waals surface area contributed by atoms with Crippen molar-refractivity contribution in [1.82, 2.24) is 10.2 Å². The number of hydrogen-bond acceptors (Lipinski definition) is 2. The zero-order chi connectivity index (χ0) is 12.3. The highest BCUT2D eigenvalue weighted by Crippen LogP contribution is 2.17. The van der Waals surface area contributed by atoms with E-state index in [4.69, 9.17) is 11.6 Å². The summed E-state index contributed by atoms with van der Waals surface area (Å²) in [4.78, 5) is 2.28. The van der Waals surface area contributed by atoms with E-state index in [-0.39, 0.29) is 5.82 Å². The van der Waals surface area contributed by atoms with Gasteiger partial charge in [-0.05, 0) is 44.6 Å². The minimum Gasteiger partial charge on any atom is -0.313 e. The lowest BCUT2D eigenvalue weighted by Crippen LogP contribution is -2.35. The normalized spacial score (nSPS) is 22.4. The summed E-state index contributed by atoms with van der Waals surface area (Å²) >= 11 is 5.90. The standard InChI is InChI=1S/C13H18ClFN2/c1-10-8-17(6-2-5-16-10)9-11-7-12(14)3-4-13(11)15/h3-4,7,10,16H,2,5-6,8-9H2,1H3. The fraction of sp³-hybridized carbons (Fsp3) is 0.538. The highest BCUT2D eigenvalue weighted by atomic mass is 35.5. The average Bonchev–Trinajstić information content (AvgIpc) is 2.48. The number of hydrogen-bond donors (Lipinski definition) is 1. The lowest BCUT2D eigenvalue weighted by atomic mass is 10.2. The van der Waals surface area contributed by atoms with Gasteiger partial charge in [0.2, 0.25) is 0 Å². The van der Waals surface area contributed by atoms with Crippen LogP contribution in [0.4, 0.5) is 4.39 Å². The molecule has 4 heteroatoms. The summed E-state index contributed by atoms with van der Waals surface area (Å²) in [6.07, 6.45) is 1.10. The highest BCUT2D eigenvalue weighted by molar-refractivity contribution is 6.30. The summed E-state index contributed by atoms with van der Waals surface area (Å²) in [5.41, 5.74) is 0.687. The predicted octanol–water partition coefficient (Wildman–Crippen LogP) is 2.66. The van der Waals surface area contributed by atoms with E-state index in [0.29, 0.717) is 23.2 Å². The molecule has 0 saturated carbocycles. The largest absolute Gasteiger partial charge is 0.313 e. The van der Waals surface area contributed by atoms with Crippen molar-refractivity contribution in [2.24, 2.45) is 0 Å². The predicted molar refractivity (Wildman–Crippen MR) is 68.8 cm³/mol. The third-order valence-electron chi connectivity index (χ3n) is 3.08. The van der Waals surface area contributed by atoms with Gasteiger partial charge in [-0.3, -0.25) is 4.90 Å². The molecule has 1 unspecified atom stereocenters. The Hall–Kier alpha value is -0.640. The molecule has 1 atom stereocenters. The molecule has 0 spiro atoms. The quantitative estimate of drug-likeness (QED) is 0.875. The van der Waals surface area contributed by atoms with Crippen LogP contribution in [0, 0.1) is 5.82 Å². The third kappa shape index (κ3) is 3.66. The van der Waals surface area contributed by atoms with Gasteiger partial charge in [0.15, 0.2) is 0 Å². The third-order valence-corrected chi connectivity index (χ3v) is 3.31. The molecule has 94 valence electrons. The van der Waals surface area contributed by atoms with Crippen molar-refractivity contribution in [1.29, 1.82) is 0 Å². The van der Waals surface area contributed by atoms with Crippen LogP contribution < -0.4 is 5.32 Å². The summed E-state index contributed by atoms with van der Waals surface area (Å²) in [5, 5.41) is 4.02. The Balaban J connectivity index is 2.06. The summed E-state index contributed by atoms with van der Waals surface area (Å²) in [6.45, 7) is 5.79. The minimum atomic E-state index is -0.167. The van der Waals surface area contributed by atoms with Crippen molar-refractivity contribution in [2.75, 3.05) is 19.6 Å². The monoisotopic (exact) mass is 256 g/mol. The van der Waals surface area contributed by atoms with E-state index in [2.05, 4.69) is 17.1 Å². The van der Waals surface area contributed by atoms with Gasteiger partial charge < -0.3 is 5.32 Å². The molecule has 0 aromatic heterocycles. The Kier molecular flexibility index (Phi) is 4.37. The van der Waals surface area contributed by atoms with Crippen molar-refractivity contribution in [3.63, 3.8) is 0 Å². The molecule has 1 saturated heterocycles. The summed E-state index contributed by atoms with van der Waals surface area (Å²) in [5.74, 6) is -0.167. The van der Waals surface area contributed by atoms with Crippen LogP contribution in [0.3, 0.4) is 0 Å². The van der Waals surface area contributed by atoms with Gasteiger partial charge in [0, 0.05) is 29.7 Å². The van der Waals surface area contributed by atoms with Gasteiger partial charge >= 0.3 is 0 Å². The van der Waals surface area contributed by atoms with Crippen LogP contribution in [0.1, 0.15) is 18.9 Å². The maximum Gasteiger partial charge on any atom is 0.127 e. The Labute approximate surface area is 107 Å². The van der Waals surface area contributed by atoms with Gasteiger partial charge in [-0.25, -0.2) is 4.39 Å². The fourth-order valence-corrected chi connectivity index (χ4v) is 2.44. The van der Waals surface area contributed by atoms with Crippen molar-refractivity contribution in [3.8, 4) is 0 Å². The number of benzene rings is 1. The highest BCUT2D eigenvalue weighted by Gasteiger charge is 2.15. The molecule has 1 aromatic carbocycles. The maximum absolute atomic E-state index is 13.6. The van der Waals surface area contributed by atoms with Gasteiger partial charge in [-0.15, -0.1) is 0 Å². The van der Waals surface area contributed by atoms with Crippen LogP contribution in [-0.4, -0.2) is 30.6 Å². The molecule has 0 amide bonds. The molecule has 1 aliphatic heterocycles. The van der Waals surface area contributed by atoms with Gasteiger partial charge in [0.1, 0.15) is 5.82 Å².